The Labute approximate surface area is 120 Å². The van der Waals surface area contributed by atoms with Gasteiger partial charge >= 0.3 is 0 Å². The number of ether oxygens (including phenoxy) is 1. The third-order valence-corrected chi connectivity index (χ3v) is 2.65. The summed E-state index contributed by atoms with van der Waals surface area (Å²) in [6.45, 7) is 0. The highest BCUT2D eigenvalue weighted by atomic mass is 16.5. The van der Waals surface area contributed by atoms with Gasteiger partial charge in [-0.05, 0) is 23.8 Å². The SMILES string of the molecule is COc1cc(/C=N/NC(=O)c2cc[n+]([O-])cc2)ccc1O. The average molecular weight is 287 g/mol. The fourth-order valence-corrected chi connectivity index (χ4v) is 1.57. The van der Waals surface area contributed by atoms with Crippen LogP contribution in [-0.4, -0.2) is 24.3 Å². The number of pyridine rings is 1. The van der Waals surface area contributed by atoms with E-state index in [4.69, 9.17) is 4.74 Å². The van der Waals surface area contributed by atoms with Crippen LogP contribution in [0.2, 0.25) is 0 Å². The molecule has 1 heterocycles. The van der Waals surface area contributed by atoms with E-state index in [1.54, 1.807) is 12.1 Å². The van der Waals surface area contributed by atoms with E-state index in [-0.39, 0.29) is 5.75 Å². The van der Waals surface area contributed by atoms with Gasteiger partial charge in [0.2, 0.25) is 0 Å². The molecule has 0 aliphatic rings. The van der Waals surface area contributed by atoms with Crippen molar-refractivity contribution in [1.82, 2.24) is 5.43 Å². The van der Waals surface area contributed by atoms with Gasteiger partial charge in [0.05, 0.1) is 18.9 Å². The molecule has 2 aromatic rings. The zero-order valence-corrected chi connectivity index (χ0v) is 11.2. The maximum absolute atomic E-state index is 11.7. The Balaban J connectivity index is 2.02. The Kier molecular flexibility index (Phi) is 4.35. The molecule has 0 bridgehead atoms. The molecule has 0 aliphatic heterocycles. The molecule has 1 aromatic carbocycles. The molecule has 0 saturated carbocycles. The van der Waals surface area contributed by atoms with Gasteiger partial charge in [0, 0.05) is 12.1 Å². The number of phenols is 1. The number of amides is 1. The summed E-state index contributed by atoms with van der Waals surface area (Å²) in [5.74, 6) is -0.0974. The van der Waals surface area contributed by atoms with Crippen LogP contribution in [0.3, 0.4) is 0 Å². The molecule has 7 nitrogen and oxygen atoms in total. The van der Waals surface area contributed by atoms with Gasteiger partial charge in [-0.25, -0.2) is 5.43 Å². The van der Waals surface area contributed by atoms with Crippen LogP contribution in [0.25, 0.3) is 0 Å². The fraction of sp³-hybridized carbons (Fsp3) is 0.0714. The lowest BCUT2D eigenvalue weighted by Crippen LogP contribution is -2.26. The molecule has 1 amide bonds. The van der Waals surface area contributed by atoms with Crippen molar-refractivity contribution in [3.8, 4) is 11.5 Å². The number of methoxy groups -OCH3 is 1. The number of hydrogen-bond donors (Lipinski definition) is 2. The Hall–Kier alpha value is -3.09. The van der Waals surface area contributed by atoms with Gasteiger partial charge in [-0.15, -0.1) is 0 Å². The second kappa shape index (κ2) is 6.38. The number of carbonyl (C=O) groups excluding carboxylic acids is 1. The Bertz CT molecular complexity index is 668. The first-order valence-electron chi connectivity index (χ1n) is 5.99. The second-order valence-corrected chi connectivity index (χ2v) is 4.08. The summed E-state index contributed by atoms with van der Waals surface area (Å²) in [5, 5.41) is 24.1. The van der Waals surface area contributed by atoms with Crippen molar-refractivity contribution in [3.63, 3.8) is 0 Å². The number of hydrazone groups is 1. The third-order valence-electron chi connectivity index (χ3n) is 2.65. The highest BCUT2D eigenvalue weighted by molar-refractivity contribution is 5.94. The lowest BCUT2D eigenvalue weighted by Gasteiger charge is -2.03. The Morgan fingerprint density at radius 1 is 1.38 bits per heavy atom. The largest absolute Gasteiger partial charge is 0.619 e. The number of carbonyl (C=O) groups is 1. The lowest BCUT2D eigenvalue weighted by atomic mass is 10.2. The van der Waals surface area contributed by atoms with Crippen LogP contribution in [0.4, 0.5) is 0 Å². The van der Waals surface area contributed by atoms with Crippen LogP contribution in [0, 0.1) is 5.21 Å². The normalized spacial score (nSPS) is 10.5. The topological polar surface area (TPSA) is 97.9 Å². The zero-order chi connectivity index (χ0) is 15.2. The lowest BCUT2D eigenvalue weighted by molar-refractivity contribution is -0.605. The molecule has 2 rings (SSSR count). The number of phenolic OH excluding ortho intramolecular Hbond substituents is 1. The van der Waals surface area contributed by atoms with Crippen LogP contribution in [-0.2, 0) is 0 Å². The van der Waals surface area contributed by atoms with Gasteiger partial charge in [0.25, 0.3) is 5.91 Å². The fourth-order valence-electron chi connectivity index (χ4n) is 1.57. The molecule has 108 valence electrons. The van der Waals surface area contributed by atoms with E-state index in [2.05, 4.69) is 10.5 Å². The predicted octanol–water partition coefficient (Wildman–Crippen LogP) is 0.798. The molecule has 0 aliphatic carbocycles. The van der Waals surface area contributed by atoms with Crippen molar-refractivity contribution in [2.75, 3.05) is 7.11 Å². The first-order chi connectivity index (χ1) is 10.1. The molecule has 1 aromatic heterocycles. The van der Waals surface area contributed by atoms with Crippen molar-refractivity contribution >= 4 is 12.1 Å². The van der Waals surface area contributed by atoms with E-state index in [0.29, 0.717) is 21.6 Å². The van der Waals surface area contributed by atoms with E-state index in [1.165, 1.54) is 43.9 Å². The van der Waals surface area contributed by atoms with Crippen molar-refractivity contribution < 1.29 is 19.4 Å². The maximum Gasteiger partial charge on any atom is 0.271 e. The van der Waals surface area contributed by atoms with Crippen LogP contribution in [0.1, 0.15) is 15.9 Å². The predicted molar refractivity (Wildman–Crippen MR) is 75.1 cm³/mol. The molecular weight excluding hydrogens is 274 g/mol. The number of aromatic hydroxyl groups is 1. The van der Waals surface area contributed by atoms with Gasteiger partial charge in [0.15, 0.2) is 23.9 Å². The standard InChI is InChI=1S/C14H13N3O4/c1-21-13-8-10(2-3-12(13)18)9-15-16-14(19)11-4-6-17(20)7-5-11/h2-9,18H,1H3,(H,16,19)/b15-9+. The summed E-state index contributed by atoms with van der Waals surface area (Å²) in [5.41, 5.74) is 3.31. The molecule has 0 radical (unpaired) electrons. The zero-order valence-electron chi connectivity index (χ0n) is 11.2. The number of aromatic nitrogens is 1. The van der Waals surface area contributed by atoms with E-state index < -0.39 is 5.91 Å². The first-order valence-corrected chi connectivity index (χ1v) is 5.99. The first kappa shape index (κ1) is 14.3. The molecule has 2 N–H and O–H groups in total. The van der Waals surface area contributed by atoms with Crippen LogP contribution >= 0.6 is 0 Å². The van der Waals surface area contributed by atoms with Crippen LogP contribution in [0.15, 0.2) is 47.8 Å². The number of rotatable bonds is 4. The molecule has 0 saturated heterocycles. The van der Waals surface area contributed by atoms with Crippen molar-refractivity contribution in [2.24, 2.45) is 5.10 Å². The van der Waals surface area contributed by atoms with Gasteiger partial charge in [0.1, 0.15) is 0 Å². The molecule has 0 fully saturated rings. The number of hydrogen-bond acceptors (Lipinski definition) is 5. The molecule has 7 heteroatoms. The van der Waals surface area contributed by atoms with Crippen molar-refractivity contribution in [1.29, 1.82) is 0 Å². The van der Waals surface area contributed by atoms with E-state index in [9.17, 15) is 15.1 Å². The highest BCUT2D eigenvalue weighted by Crippen LogP contribution is 2.25. The molecule has 21 heavy (non-hydrogen) atoms. The summed E-state index contributed by atoms with van der Waals surface area (Å²) in [7, 11) is 1.44. The summed E-state index contributed by atoms with van der Waals surface area (Å²) in [4.78, 5) is 11.7. The van der Waals surface area contributed by atoms with Gasteiger partial charge in [-0.1, -0.05) is 0 Å². The van der Waals surface area contributed by atoms with Gasteiger partial charge < -0.3 is 15.1 Å². The quantitative estimate of drug-likeness (QED) is 0.376. The Morgan fingerprint density at radius 3 is 2.76 bits per heavy atom. The van der Waals surface area contributed by atoms with Crippen molar-refractivity contribution in [3.05, 3.63) is 59.1 Å². The number of nitrogens with zero attached hydrogens (tertiary/aromatic N) is 2. The minimum Gasteiger partial charge on any atom is -0.619 e. The minimum absolute atomic E-state index is 0.0221. The molecule has 0 atom stereocenters. The molecule has 0 unspecified atom stereocenters. The third kappa shape index (κ3) is 3.69. The number of nitrogens with one attached hydrogen (secondary N) is 1. The smallest absolute Gasteiger partial charge is 0.271 e. The molecular formula is C14H13N3O4. The van der Waals surface area contributed by atoms with E-state index >= 15 is 0 Å². The Morgan fingerprint density at radius 2 is 2.10 bits per heavy atom. The summed E-state index contributed by atoms with van der Waals surface area (Å²) < 4.78 is 5.55. The van der Waals surface area contributed by atoms with Crippen molar-refractivity contribution in [2.45, 2.75) is 0 Å². The van der Waals surface area contributed by atoms with E-state index in [1.807, 2.05) is 0 Å². The van der Waals surface area contributed by atoms with E-state index in [0.717, 1.165) is 0 Å². The average Bonchev–Trinajstić information content (AvgIpc) is 2.49. The van der Waals surface area contributed by atoms with Crippen LogP contribution in [0.5, 0.6) is 11.5 Å². The number of benzene rings is 1. The van der Waals surface area contributed by atoms with Gasteiger partial charge in [-0.2, -0.15) is 9.83 Å². The second-order valence-electron chi connectivity index (χ2n) is 4.08. The summed E-state index contributed by atoms with van der Waals surface area (Å²) in [6, 6.07) is 7.44. The maximum atomic E-state index is 11.7. The highest BCUT2D eigenvalue weighted by Gasteiger charge is 2.05. The summed E-state index contributed by atoms with van der Waals surface area (Å²) in [6.07, 6.45) is 3.86. The van der Waals surface area contributed by atoms with Gasteiger partial charge in [-0.3, -0.25) is 4.79 Å². The minimum atomic E-state index is -0.433. The molecule has 0 spiro atoms. The van der Waals surface area contributed by atoms with Crippen LogP contribution < -0.4 is 14.9 Å². The summed E-state index contributed by atoms with van der Waals surface area (Å²) >= 11 is 0. The monoisotopic (exact) mass is 287 g/mol.